The standard InChI is InChI=1S/C10H16N2OS/c1-4-11-9(13)5-10-12-6-8(14-10)7(2)3/h6-7H,4-5H2,1-3H3,(H,11,13). The largest absolute Gasteiger partial charge is 0.356 e. The van der Waals surface area contributed by atoms with Crippen molar-refractivity contribution in [1.82, 2.24) is 10.3 Å². The van der Waals surface area contributed by atoms with Crippen LogP contribution >= 0.6 is 11.3 Å². The van der Waals surface area contributed by atoms with Gasteiger partial charge in [-0.1, -0.05) is 13.8 Å². The normalized spacial score (nSPS) is 10.6. The molecular weight excluding hydrogens is 196 g/mol. The van der Waals surface area contributed by atoms with Crippen LogP contribution in [0.5, 0.6) is 0 Å². The lowest BCUT2D eigenvalue weighted by Gasteiger charge is -1.98. The summed E-state index contributed by atoms with van der Waals surface area (Å²) < 4.78 is 0. The highest BCUT2D eigenvalue weighted by molar-refractivity contribution is 7.11. The quantitative estimate of drug-likeness (QED) is 0.828. The van der Waals surface area contributed by atoms with Gasteiger partial charge >= 0.3 is 0 Å². The third-order valence-electron chi connectivity index (χ3n) is 1.83. The van der Waals surface area contributed by atoms with E-state index in [1.807, 2.05) is 13.1 Å². The van der Waals surface area contributed by atoms with Gasteiger partial charge in [-0.05, 0) is 12.8 Å². The third-order valence-corrected chi connectivity index (χ3v) is 3.12. The van der Waals surface area contributed by atoms with Crippen LogP contribution in [0, 0.1) is 0 Å². The molecule has 0 aliphatic carbocycles. The smallest absolute Gasteiger partial charge is 0.226 e. The van der Waals surface area contributed by atoms with Crippen LogP contribution in [0.3, 0.4) is 0 Å². The van der Waals surface area contributed by atoms with Gasteiger partial charge in [0.2, 0.25) is 5.91 Å². The second kappa shape index (κ2) is 5.10. The van der Waals surface area contributed by atoms with Gasteiger partial charge < -0.3 is 5.32 Å². The Balaban J connectivity index is 2.55. The second-order valence-electron chi connectivity index (χ2n) is 3.44. The molecule has 1 aromatic heterocycles. The molecule has 0 saturated carbocycles. The highest BCUT2D eigenvalue weighted by atomic mass is 32.1. The van der Waals surface area contributed by atoms with Gasteiger partial charge in [-0.3, -0.25) is 4.79 Å². The lowest BCUT2D eigenvalue weighted by atomic mass is 10.2. The predicted molar refractivity (Wildman–Crippen MR) is 58.6 cm³/mol. The summed E-state index contributed by atoms with van der Waals surface area (Å²) in [4.78, 5) is 16.7. The van der Waals surface area contributed by atoms with Gasteiger partial charge in [-0.2, -0.15) is 0 Å². The lowest BCUT2D eigenvalue weighted by Crippen LogP contribution is -2.24. The van der Waals surface area contributed by atoms with Crippen molar-refractivity contribution in [3.63, 3.8) is 0 Å². The molecule has 1 heterocycles. The van der Waals surface area contributed by atoms with Crippen molar-refractivity contribution in [2.24, 2.45) is 0 Å². The molecule has 0 radical (unpaired) electrons. The number of hydrogen-bond donors (Lipinski definition) is 1. The number of hydrogen-bond acceptors (Lipinski definition) is 3. The Bertz CT molecular complexity index is 307. The van der Waals surface area contributed by atoms with Crippen molar-refractivity contribution in [1.29, 1.82) is 0 Å². The Labute approximate surface area is 88.6 Å². The third kappa shape index (κ3) is 3.10. The summed E-state index contributed by atoms with van der Waals surface area (Å²) in [5.41, 5.74) is 0. The molecule has 0 aliphatic rings. The molecule has 0 bridgehead atoms. The Morgan fingerprint density at radius 1 is 1.64 bits per heavy atom. The Morgan fingerprint density at radius 3 is 2.86 bits per heavy atom. The molecule has 14 heavy (non-hydrogen) atoms. The van der Waals surface area contributed by atoms with Gasteiger partial charge in [0.25, 0.3) is 0 Å². The van der Waals surface area contributed by atoms with Gasteiger partial charge in [0.05, 0.1) is 6.42 Å². The zero-order chi connectivity index (χ0) is 10.6. The average Bonchev–Trinajstić information content (AvgIpc) is 2.53. The first-order chi connectivity index (χ1) is 6.63. The van der Waals surface area contributed by atoms with E-state index in [4.69, 9.17) is 0 Å². The molecule has 1 amide bonds. The number of amides is 1. The molecule has 0 spiro atoms. The summed E-state index contributed by atoms with van der Waals surface area (Å²) in [6, 6.07) is 0. The van der Waals surface area contributed by atoms with E-state index in [1.54, 1.807) is 11.3 Å². The monoisotopic (exact) mass is 212 g/mol. The summed E-state index contributed by atoms with van der Waals surface area (Å²) in [6.45, 7) is 6.85. The Hall–Kier alpha value is -0.900. The summed E-state index contributed by atoms with van der Waals surface area (Å²) in [5.74, 6) is 0.549. The molecule has 1 N–H and O–H groups in total. The van der Waals surface area contributed by atoms with Crippen molar-refractivity contribution >= 4 is 17.2 Å². The Kier molecular flexibility index (Phi) is 4.07. The maximum Gasteiger partial charge on any atom is 0.226 e. The molecule has 1 rings (SSSR count). The highest BCUT2D eigenvalue weighted by Crippen LogP contribution is 2.21. The number of thiazole rings is 1. The van der Waals surface area contributed by atoms with Crippen LogP contribution in [0.2, 0.25) is 0 Å². The molecule has 0 saturated heterocycles. The minimum absolute atomic E-state index is 0.0529. The summed E-state index contributed by atoms with van der Waals surface area (Å²) in [6.07, 6.45) is 2.27. The van der Waals surface area contributed by atoms with Crippen molar-refractivity contribution in [3.8, 4) is 0 Å². The van der Waals surface area contributed by atoms with Gasteiger partial charge in [0, 0.05) is 17.6 Å². The topological polar surface area (TPSA) is 42.0 Å². The van der Waals surface area contributed by atoms with Crippen molar-refractivity contribution in [3.05, 3.63) is 16.1 Å². The first-order valence-corrected chi connectivity index (χ1v) is 5.66. The van der Waals surface area contributed by atoms with Crippen molar-refractivity contribution in [2.75, 3.05) is 6.54 Å². The summed E-state index contributed by atoms with van der Waals surface area (Å²) in [5, 5.41) is 3.66. The lowest BCUT2D eigenvalue weighted by molar-refractivity contribution is -0.120. The van der Waals surface area contributed by atoms with Crippen LogP contribution in [-0.4, -0.2) is 17.4 Å². The van der Waals surface area contributed by atoms with E-state index >= 15 is 0 Å². The van der Waals surface area contributed by atoms with Gasteiger partial charge in [-0.15, -0.1) is 11.3 Å². The predicted octanol–water partition coefficient (Wildman–Crippen LogP) is 1.95. The van der Waals surface area contributed by atoms with Gasteiger partial charge in [0.15, 0.2) is 0 Å². The number of nitrogens with zero attached hydrogens (tertiary/aromatic N) is 1. The number of carbonyl (C=O) groups is 1. The molecule has 78 valence electrons. The number of rotatable bonds is 4. The number of carbonyl (C=O) groups excluding carboxylic acids is 1. The fourth-order valence-electron chi connectivity index (χ4n) is 1.07. The first kappa shape index (κ1) is 11.2. The van der Waals surface area contributed by atoms with Crippen LogP contribution < -0.4 is 5.32 Å². The number of likely N-dealkylation sites (N-methyl/N-ethyl adjacent to an activating group) is 1. The zero-order valence-corrected chi connectivity index (χ0v) is 9.65. The van der Waals surface area contributed by atoms with Crippen LogP contribution in [-0.2, 0) is 11.2 Å². The molecule has 0 aromatic carbocycles. The zero-order valence-electron chi connectivity index (χ0n) is 8.83. The summed E-state index contributed by atoms with van der Waals surface area (Å²) >= 11 is 1.62. The fourth-order valence-corrected chi connectivity index (χ4v) is 1.99. The molecule has 1 aromatic rings. The highest BCUT2D eigenvalue weighted by Gasteiger charge is 2.08. The molecule has 4 heteroatoms. The second-order valence-corrected chi connectivity index (χ2v) is 4.59. The minimum atomic E-state index is 0.0529. The number of aromatic nitrogens is 1. The molecule has 0 fully saturated rings. The average molecular weight is 212 g/mol. The maximum atomic E-state index is 11.2. The van der Waals surface area contributed by atoms with Gasteiger partial charge in [0.1, 0.15) is 5.01 Å². The number of nitrogens with one attached hydrogen (secondary N) is 1. The molecular formula is C10H16N2OS. The molecule has 3 nitrogen and oxygen atoms in total. The maximum absolute atomic E-state index is 11.2. The summed E-state index contributed by atoms with van der Waals surface area (Å²) in [7, 11) is 0. The van der Waals surface area contributed by atoms with Crippen LogP contribution in [0.4, 0.5) is 0 Å². The molecule has 0 unspecified atom stereocenters. The fraction of sp³-hybridized carbons (Fsp3) is 0.600. The van der Waals surface area contributed by atoms with Crippen LogP contribution in [0.15, 0.2) is 6.20 Å². The SMILES string of the molecule is CCNC(=O)Cc1ncc(C(C)C)s1. The van der Waals surface area contributed by atoms with Gasteiger partial charge in [-0.25, -0.2) is 4.98 Å². The van der Waals surface area contributed by atoms with E-state index in [9.17, 15) is 4.79 Å². The van der Waals surface area contributed by atoms with Crippen LogP contribution in [0.1, 0.15) is 36.6 Å². The minimum Gasteiger partial charge on any atom is -0.356 e. The first-order valence-electron chi connectivity index (χ1n) is 4.84. The van der Waals surface area contributed by atoms with E-state index < -0.39 is 0 Å². The van der Waals surface area contributed by atoms with E-state index in [0.717, 1.165) is 5.01 Å². The van der Waals surface area contributed by atoms with E-state index in [0.29, 0.717) is 18.9 Å². The molecule has 0 atom stereocenters. The Morgan fingerprint density at radius 2 is 2.36 bits per heavy atom. The van der Waals surface area contributed by atoms with Crippen LogP contribution in [0.25, 0.3) is 0 Å². The van der Waals surface area contributed by atoms with E-state index in [2.05, 4.69) is 24.1 Å². The van der Waals surface area contributed by atoms with Crippen molar-refractivity contribution < 1.29 is 4.79 Å². The van der Waals surface area contributed by atoms with E-state index in [-0.39, 0.29) is 5.91 Å². The van der Waals surface area contributed by atoms with E-state index in [1.165, 1.54) is 4.88 Å². The van der Waals surface area contributed by atoms with Crippen molar-refractivity contribution in [2.45, 2.75) is 33.1 Å². The molecule has 0 aliphatic heterocycles.